The van der Waals surface area contributed by atoms with Gasteiger partial charge < -0.3 is 18.8 Å². The van der Waals surface area contributed by atoms with Gasteiger partial charge in [-0.25, -0.2) is 4.98 Å². The van der Waals surface area contributed by atoms with Gasteiger partial charge in [0.05, 0.1) is 17.7 Å². The molecule has 0 fully saturated rings. The van der Waals surface area contributed by atoms with Crippen molar-refractivity contribution in [3.05, 3.63) is 65.7 Å². The maximum absolute atomic E-state index is 6.07. The van der Waals surface area contributed by atoms with E-state index >= 15 is 0 Å². The number of ether oxygens (including phenoxy) is 3. The smallest absolute Gasteiger partial charge is 0.231 e. The zero-order valence-corrected chi connectivity index (χ0v) is 12.2. The summed E-state index contributed by atoms with van der Waals surface area (Å²) in [6, 6.07) is 12.4. The fourth-order valence-electron chi connectivity index (χ4n) is 4.06. The molecule has 0 N–H and O–H groups in total. The third-order valence-corrected chi connectivity index (χ3v) is 5.08. The third-order valence-electron chi connectivity index (χ3n) is 5.08. The maximum atomic E-state index is 6.07. The van der Waals surface area contributed by atoms with E-state index in [-0.39, 0.29) is 12.2 Å². The topological polar surface area (TPSA) is 45.5 Å². The van der Waals surface area contributed by atoms with Crippen molar-refractivity contribution in [2.45, 2.75) is 5.41 Å². The molecule has 1 atom stereocenters. The minimum Gasteiger partial charge on any atom is -0.491 e. The Morgan fingerprint density at radius 3 is 2.78 bits per heavy atom. The molecule has 3 aromatic rings. The van der Waals surface area contributed by atoms with Gasteiger partial charge in [-0.2, -0.15) is 0 Å². The van der Waals surface area contributed by atoms with E-state index in [2.05, 4.69) is 39.9 Å². The van der Waals surface area contributed by atoms with Crippen LogP contribution in [0.5, 0.6) is 17.2 Å². The molecule has 2 aromatic carbocycles. The Balaban J connectivity index is 1.71. The largest absolute Gasteiger partial charge is 0.491 e. The average Bonchev–Trinajstić information content (AvgIpc) is 3.33. The van der Waals surface area contributed by atoms with Crippen LogP contribution in [-0.2, 0) is 5.41 Å². The highest BCUT2D eigenvalue weighted by atomic mass is 16.7. The van der Waals surface area contributed by atoms with Crippen LogP contribution in [-0.4, -0.2) is 23.0 Å². The molecule has 112 valence electrons. The van der Waals surface area contributed by atoms with Gasteiger partial charge >= 0.3 is 0 Å². The van der Waals surface area contributed by atoms with Crippen LogP contribution in [0, 0.1) is 0 Å². The van der Waals surface area contributed by atoms with Gasteiger partial charge in [0.2, 0.25) is 6.79 Å². The maximum Gasteiger partial charge on any atom is 0.231 e. The normalized spacial score (nSPS) is 21.9. The summed E-state index contributed by atoms with van der Waals surface area (Å²) >= 11 is 0. The molecule has 0 radical (unpaired) electrons. The molecule has 6 rings (SSSR count). The van der Waals surface area contributed by atoms with Crippen LogP contribution in [0.4, 0.5) is 0 Å². The van der Waals surface area contributed by atoms with E-state index in [1.165, 1.54) is 5.56 Å². The van der Waals surface area contributed by atoms with Gasteiger partial charge in [0, 0.05) is 17.8 Å². The number of rotatable bonds is 0. The van der Waals surface area contributed by atoms with Gasteiger partial charge in [-0.05, 0) is 17.7 Å². The lowest BCUT2D eigenvalue weighted by Crippen LogP contribution is -2.28. The summed E-state index contributed by atoms with van der Waals surface area (Å²) in [4.78, 5) is 4.36. The number of fused-ring (bicyclic) bond motifs is 8. The molecule has 0 saturated heterocycles. The summed E-state index contributed by atoms with van der Waals surface area (Å²) in [6.07, 6.45) is 3.80. The highest BCUT2D eigenvalue weighted by molar-refractivity contribution is 5.69. The van der Waals surface area contributed by atoms with Crippen molar-refractivity contribution in [2.24, 2.45) is 0 Å². The van der Waals surface area contributed by atoms with Crippen molar-refractivity contribution in [3.8, 4) is 22.9 Å². The van der Waals surface area contributed by atoms with Crippen molar-refractivity contribution in [1.82, 2.24) is 9.55 Å². The molecule has 1 spiro atoms. The second-order valence-corrected chi connectivity index (χ2v) is 6.06. The van der Waals surface area contributed by atoms with E-state index in [1.54, 1.807) is 0 Å². The van der Waals surface area contributed by atoms with Gasteiger partial charge in [-0.3, -0.25) is 0 Å². The number of nitrogens with zero attached hydrogens (tertiary/aromatic N) is 2. The number of para-hydroxylation sites is 1. The second-order valence-electron chi connectivity index (χ2n) is 6.06. The average molecular weight is 304 g/mol. The van der Waals surface area contributed by atoms with E-state index < -0.39 is 0 Å². The van der Waals surface area contributed by atoms with Gasteiger partial charge in [0.15, 0.2) is 11.5 Å². The molecule has 0 amide bonds. The fourth-order valence-corrected chi connectivity index (χ4v) is 4.06. The molecule has 0 saturated carbocycles. The molecular formula is C18H12N2O3. The molecule has 5 nitrogen and oxygen atoms in total. The van der Waals surface area contributed by atoms with Crippen LogP contribution in [0.25, 0.3) is 5.69 Å². The van der Waals surface area contributed by atoms with Crippen LogP contribution in [0.15, 0.2) is 48.9 Å². The standard InChI is InChI=1S/C18H12N2O3/c1-2-4-13-11(3-1)18(17-7-19-9-20(13)17)8-21-14-6-16-15(5-12(14)18)22-10-23-16/h1-7,9H,8,10H2. The summed E-state index contributed by atoms with van der Waals surface area (Å²) in [5, 5.41) is 0. The van der Waals surface area contributed by atoms with Crippen LogP contribution in [0.3, 0.4) is 0 Å². The number of imidazole rings is 1. The Morgan fingerprint density at radius 1 is 0.957 bits per heavy atom. The molecule has 5 heteroatoms. The molecule has 3 aliphatic heterocycles. The highest BCUT2D eigenvalue weighted by Crippen LogP contribution is 2.55. The van der Waals surface area contributed by atoms with E-state index in [4.69, 9.17) is 14.2 Å². The highest BCUT2D eigenvalue weighted by Gasteiger charge is 2.51. The minimum absolute atomic E-state index is 0.264. The van der Waals surface area contributed by atoms with E-state index in [0.717, 1.165) is 34.2 Å². The quantitative estimate of drug-likeness (QED) is 0.640. The van der Waals surface area contributed by atoms with Crippen LogP contribution in [0.2, 0.25) is 0 Å². The van der Waals surface area contributed by atoms with Crippen molar-refractivity contribution in [2.75, 3.05) is 13.4 Å². The number of benzene rings is 2. The van der Waals surface area contributed by atoms with Crippen LogP contribution in [0.1, 0.15) is 16.8 Å². The minimum atomic E-state index is -0.330. The Bertz CT molecular complexity index is 978. The Kier molecular flexibility index (Phi) is 1.86. The Labute approximate surface area is 132 Å². The predicted octanol–water partition coefficient (Wildman–Crippen LogP) is 2.64. The van der Waals surface area contributed by atoms with Gasteiger partial charge in [0.1, 0.15) is 17.8 Å². The van der Waals surface area contributed by atoms with Crippen molar-refractivity contribution in [3.63, 3.8) is 0 Å². The summed E-state index contributed by atoms with van der Waals surface area (Å²) < 4.78 is 19.3. The first-order valence-corrected chi connectivity index (χ1v) is 7.57. The van der Waals surface area contributed by atoms with Gasteiger partial charge in [-0.1, -0.05) is 18.2 Å². The number of aromatic nitrogens is 2. The van der Waals surface area contributed by atoms with Gasteiger partial charge in [-0.15, -0.1) is 0 Å². The van der Waals surface area contributed by atoms with E-state index in [9.17, 15) is 0 Å². The van der Waals surface area contributed by atoms with Crippen molar-refractivity contribution in [1.29, 1.82) is 0 Å². The number of hydrogen-bond acceptors (Lipinski definition) is 4. The van der Waals surface area contributed by atoms with Crippen LogP contribution < -0.4 is 14.2 Å². The summed E-state index contributed by atoms with van der Waals surface area (Å²) in [6.45, 7) is 0.827. The monoisotopic (exact) mass is 304 g/mol. The lowest BCUT2D eigenvalue weighted by atomic mass is 9.75. The summed E-state index contributed by atoms with van der Waals surface area (Å²) in [7, 11) is 0. The second kappa shape index (κ2) is 3.68. The third kappa shape index (κ3) is 1.20. The Hall–Kier alpha value is -2.95. The summed E-state index contributed by atoms with van der Waals surface area (Å²) in [5.41, 5.74) is 4.33. The molecule has 4 heterocycles. The van der Waals surface area contributed by atoms with Crippen molar-refractivity contribution < 1.29 is 14.2 Å². The zero-order valence-electron chi connectivity index (χ0n) is 12.2. The molecular weight excluding hydrogens is 292 g/mol. The molecule has 0 bridgehead atoms. The number of hydrogen-bond donors (Lipinski definition) is 0. The lowest BCUT2D eigenvalue weighted by Gasteiger charge is -2.23. The summed E-state index contributed by atoms with van der Waals surface area (Å²) in [5.74, 6) is 2.39. The van der Waals surface area contributed by atoms with Crippen molar-refractivity contribution >= 4 is 0 Å². The molecule has 1 unspecified atom stereocenters. The fraction of sp³-hybridized carbons (Fsp3) is 0.167. The zero-order chi connectivity index (χ0) is 15.0. The van der Waals surface area contributed by atoms with Gasteiger partial charge in [0.25, 0.3) is 0 Å². The predicted molar refractivity (Wildman–Crippen MR) is 81.5 cm³/mol. The Morgan fingerprint density at radius 2 is 1.83 bits per heavy atom. The van der Waals surface area contributed by atoms with E-state index in [1.807, 2.05) is 18.6 Å². The first kappa shape index (κ1) is 11.6. The SMILES string of the molecule is c1ccc2c(c1)-n1cncc1C21COc2cc3c(cc21)OCO3. The molecule has 1 aromatic heterocycles. The molecule has 3 aliphatic rings. The van der Waals surface area contributed by atoms with E-state index in [0.29, 0.717) is 6.61 Å². The van der Waals surface area contributed by atoms with Crippen LogP contribution >= 0.6 is 0 Å². The molecule has 0 aliphatic carbocycles. The first-order chi connectivity index (χ1) is 11.4. The molecule has 23 heavy (non-hydrogen) atoms. The lowest BCUT2D eigenvalue weighted by molar-refractivity contribution is 0.173. The first-order valence-electron chi connectivity index (χ1n) is 7.57.